The van der Waals surface area contributed by atoms with Gasteiger partial charge in [0.2, 0.25) is 5.91 Å². The van der Waals surface area contributed by atoms with E-state index in [9.17, 15) is 4.79 Å². The largest absolute Gasteiger partial charge is 0.356 e. The van der Waals surface area contributed by atoms with Crippen LogP contribution in [-0.2, 0) is 4.79 Å². The number of carbonyl (C=O) groups excluding carboxylic acids is 1. The van der Waals surface area contributed by atoms with E-state index < -0.39 is 0 Å². The Morgan fingerprint density at radius 3 is 2.80 bits per heavy atom. The van der Waals surface area contributed by atoms with Crippen LogP contribution in [0.3, 0.4) is 0 Å². The smallest absolute Gasteiger partial charge is 0.220 e. The minimum absolute atomic E-state index is 0.197. The molecule has 1 aliphatic rings. The highest BCUT2D eigenvalue weighted by Gasteiger charge is 2.21. The number of nitrogens with one attached hydrogen (secondary N) is 1. The summed E-state index contributed by atoms with van der Waals surface area (Å²) >= 11 is 0. The third-order valence-electron chi connectivity index (χ3n) is 3.00. The summed E-state index contributed by atoms with van der Waals surface area (Å²) in [6, 6.07) is 0.321. The molecular formula is C12H24N2O. The van der Waals surface area contributed by atoms with Crippen LogP contribution in [-0.4, -0.2) is 18.5 Å². The van der Waals surface area contributed by atoms with Crippen molar-refractivity contribution in [2.45, 2.75) is 52.0 Å². The first kappa shape index (κ1) is 12.5. The summed E-state index contributed by atoms with van der Waals surface area (Å²) in [6.45, 7) is 5.01. The van der Waals surface area contributed by atoms with Crippen LogP contribution in [0.25, 0.3) is 0 Å². The first-order chi connectivity index (χ1) is 7.08. The molecule has 1 amide bonds. The molecule has 1 fully saturated rings. The third-order valence-corrected chi connectivity index (χ3v) is 3.00. The summed E-state index contributed by atoms with van der Waals surface area (Å²) in [5.74, 6) is 1.24. The van der Waals surface area contributed by atoms with E-state index >= 15 is 0 Å². The van der Waals surface area contributed by atoms with Crippen molar-refractivity contribution in [3.05, 3.63) is 0 Å². The van der Waals surface area contributed by atoms with Crippen molar-refractivity contribution in [3.8, 4) is 0 Å². The molecule has 0 bridgehead atoms. The van der Waals surface area contributed by atoms with E-state index in [1.807, 2.05) is 0 Å². The van der Waals surface area contributed by atoms with E-state index in [-0.39, 0.29) is 5.91 Å². The molecule has 0 spiro atoms. The lowest BCUT2D eigenvalue weighted by molar-refractivity contribution is -0.122. The zero-order valence-electron chi connectivity index (χ0n) is 9.96. The molecule has 3 nitrogen and oxygen atoms in total. The predicted octanol–water partition coefficient (Wildman–Crippen LogP) is 1.67. The minimum Gasteiger partial charge on any atom is -0.356 e. The summed E-state index contributed by atoms with van der Waals surface area (Å²) in [6.07, 6.45) is 5.17. The zero-order chi connectivity index (χ0) is 11.3. The van der Waals surface area contributed by atoms with E-state index in [1.54, 1.807) is 0 Å². The van der Waals surface area contributed by atoms with E-state index in [0.29, 0.717) is 24.3 Å². The topological polar surface area (TPSA) is 55.1 Å². The van der Waals surface area contributed by atoms with Gasteiger partial charge in [0.1, 0.15) is 0 Å². The fourth-order valence-electron chi connectivity index (χ4n) is 2.17. The Bertz CT molecular complexity index is 204. The summed E-state index contributed by atoms with van der Waals surface area (Å²) in [5.41, 5.74) is 5.89. The first-order valence-corrected chi connectivity index (χ1v) is 6.10. The fourth-order valence-corrected chi connectivity index (χ4v) is 2.17. The van der Waals surface area contributed by atoms with Crippen LogP contribution in [0.2, 0.25) is 0 Å². The second-order valence-corrected chi connectivity index (χ2v) is 5.19. The molecule has 0 saturated heterocycles. The second-order valence-electron chi connectivity index (χ2n) is 5.19. The van der Waals surface area contributed by atoms with Gasteiger partial charge in [0.05, 0.1) is 0 Å². The van der Waals surface area contributed by atoms with E-state index in [0.717, 1.165) is 19.4 Å². The molecule has 88 valence electrons. The molecule has 1 saturated carbocycles. The Morgan fingerprint density at radius 2 is 2.20 bits per heavy atom. The van der Waals surface area contributed by atoms with Crippen molar-refractivity contribution >= 4 is 5.91 Å². The number of amides is 1. The van der Waals surface area contributed by atoms with Gasteiger partial charge in [-0.15, -0.1) is 0 Å². The summed E-state index contributed by atoms with van der Waals surface area (Å²) in [5, 5.41) is 2.96. The van der Waals surface area contributed by atoms with Crippen LogP contribution < -0.4 is 11.1 Å². The highest BCUT2D eigenvalue weighted by atomic mass is 16.1. The highest BCUT2D eigenvalue weighted by molar-refractivity contribution is 5.76. The molecular weight excluding hydrogens is 188 g/mol. The number of carbonyl (C=O) groups is 1. The van der Waals surface area contributed by atoms with Gasteiger partial charge >= 0.3 is 0 Å². The van der Waals surface area contributed by atoms with Crippen molar-refractivity contribution in [1.29, 1.82) is 0 Å². The number of rotatable bonds is 4. The van der Waals surface area contributed by atoms with Crippen LogP contribution in [0.15, 0.2) is 0 Å². The standard InChI is InChI=1S/C12H24N2O/c1-9(2)8-14-12(15)7-10-4-3-5-11(13)6-10/h9-11H,3-8,13H2,1-2H3,(H,14,15). The molecule has 0 aromatic carbocycles. The normalized spacial score (nSPS) is 26.7. The van der Waals surface area contributed by atoms with Gasteiger partial charge < -0.3 is 11.1 Å². The van der Waals surface area contributed by atoms with Crippen molar-refractivity contribution < 1.29 is 4.79 Å². The average Bonchev–Trinajstić information content (AvgIpc) is 2.15. The van der Waals surface area contributed by atoms with Gasteiger partial charge in [0.15, 0.2) is 0 Å². The maximum Gasteiger partial charge on any atom is 0.220 e. The summed E-state index contributed by atoms with van der Waals surface area (Å²) in [7, 11) is 0. The maximum absolute atomic E-state index is 11.6. The lowest BCUT2D eigenvalue weighted by Crippen LogP contribution is -2.33. The van der Waals surface area contributed by atoms with Crippen LogP contribution in [0, 0.1) is 11.8 Å². The molecule has 2 atom stereocenters. The predicted molar refractivity (Wildman–Crippen MR) is 62.4 cm³/mol. The number of nitrogens with two attached hydrogens (primary N) is 1. The molecule has 0 heterocycles. The highest BCUT2D eigenvalue weighted by Crippen LogP contribution is 2.25. The van der Waals surface area contributed by atoms with Gasteiger partial charge in [-0.3, -0.25) is 4.79 Å². The quantitative estimate of drug-likeness (QED) is 0.744. The molecule has 2 unspecified atom stereocenters. The molecule has 0 aromatic heterocycles. The molecule has 0 aliphatic heterocycles. The van der Waals surface area contributed by atoms with Crippen molar-refractivity contribution in [2.75, 3.05) is 6.54 Å². The SMILES string of the molecule is CC(C)CNC(=O)CC1CCCC(N)C1. The summed E-state index contributed by atoms with van der Waals surface area (Å²) < 4.78 is 0. The minimum atomic E-state index is 0.197. The molecule has 1 rings (SSSR count). The molecule has 0 radical (unpaired) electrons. The Balaban J connectivity index is 2.19. The van der Waals surface area contributed by atoms with Gasteiger partial charge in [0.25, 0.3) is 0 Å². The van der Waals surface area contributed by atoms with Gasteiger partial charge in [-0.25, -0.2) is 0 Å². The zero-order valence-corrected chi connectivity index (χ0v) is 9.96. The van der Waals surface area contributed by atoms with Crippen LogP contribution >= 0.6 is 0 Å². The van der Waals surface area contributed by atoms with Gasteiger partial charge in [-0.2, -0.15) is 0 Å². The molecule has 3 heteroatoms. The Labute approximate surface area is 92.8 Å². The molecule has 1 aliphatic carbocycles. The van der Waals surface area contributed by atoms with E-state index in [2.05, 4.69) is 19.2 Å². The summed E-state index contributed by atoms with van der Waals surface area (Å²) in [4.78, 5) is 11.6. The van der Waals surface area contributed by atoms with Crippen molar-refractivity contribution in [1.82, 2.24) is 5.32 Å². The van der Waals surface area contributed by atoms with Gasteiger partial charge in [-0.05, 0) is 31.1 Å². The molecule has 15 heavy (non-hydrogen) atoms. The Kier molecular flexibility index (Phi) is 5.09. The lowest BCUT2D eigenvalue weighted by Gasteiger charge is -2.26. The van der Waals surface area contributed by atoms with Crippen LogP contribution in [0.4, 0.5) is 0 Å². The first-order valence-electron chi connectivity index (χ1n) is 6.10. The second kappa shape index (κ2) is 6.11. The number of hydrogen-bond donors (Lipinski definition) is 2. The van der Waals surface area contributed by atoms with E-state index in [4.69, 9.17) is 5.73 Å². The van der Waals surface area contributed by atoms with Gasteiger partial charge in [-0.1, -0.05) is 20.3 Å². The Hall–Kier alpha value is -0.570. The van der Waals surface area contributed by atoms with Crippen LogP contribution in [0.1, 0.15) is 46.0 Å². The fraction of sp³-hybridized carbons (Fsp3) is 0.917. The molecule has 0 aromatic rings. The van der Waals surface area contributed by atoms with Crippen molar-refractivity contribution in [2.24, 2.45) is 17.6 Å². The average molecular weight is 212 g/mol. The van der Waals surface area contributed by atoms with Crippen LogP contribution in [0.5, 0.6) is 0 Å². The monoisotopic (exact) mass is 212 g/mol. The third kappa shape index (κ3) is 5.17. The van der Waals surface area contributed by atoms with Crippen molar-refractivity contribution in [3.63, 3.8) is 0 Å². The molecule has 3 N–H and O–H groups in total. The number of hydrogen-bond acceptors (Lipinski definition) is 2. The van der Waals surface area contributed by atoms with Gasteiger partial charge in [0, 0.05) is 19.0 Å². The lowest BCUT2D eigenvalue weighted by atomic mass is 9.84. The Morgan fingerprint density at radius 1 is 1.47 bits per heavy atom. The maximum atomic E-state index is 11.6. The van der Waals surface area contributed by atoms with E-state index in [1.165, 1.54) is 12.8 Å².